The molecule has 1 saturated heterocycles. The number of carbonyl (C=O) groups excluding carboxylic acids is 1. The quantitative estimate of drug-likeness (QED) is 0.379. The Labute approximate surface area is 190 Å². The van der Waals surface area contributed by atoms with E-state index < -0.39 is 5.92 Å². The molecule has 5 N–H and O–H groups in total. The first-order chi connectivity index (χ1) is 15.4. The van der Waals surface area contributed by atoms with Crippen molar-refractivity contribution in [1.82, 2.24) is 14.9 Å². The predicted molar refractivity (Wildman–Crippen MR) is 128 cm³/mol. The summed E-state index contributed by atoms with van der Waals surface area (Å²) < 4.78 is 0. The van der Waals surface area contributed by atoms with E-state index >= 15 is 0 Å². The van der Waals surface area contributed by atoms with Crippen LogP contribution in [0.25, 0.3) is 0 Å². The normalized spacial score (nSPS) is 24.6. The second-order valence-corrected chi connectivity index (χ2v) is 9.45. The van der Waals surface area contributed by atoms with Crippen molar-refractivity contribution < 1.29 is 4.79 Å². The van der Waals surface area contributed by atoms with Crippen LogP contribution in [0.1, 0.15) is 93.9 Å². The van der Waals surface area contributed by atoms with Crippen molar-refractivity contribution in [3.63, 3.8) is 0 Å². The molecule has 2 aliphatic heterocycles. The van der Waals surface area contributed by atoms with Crippen molar-refractivity contribution in [2.24, 2.45) is 5.73 Å². The monoisotopic (exact) mass is 436 g/mol. The molecule has 7 heteroatoms. The fourth-order valence-corrected chi connectivity index (χ4v) is 5.57. The SMILES string of the molecule is CCCCC(c1cccc2c1CC(c1ncc(C(=N)N)[nH]1)C(=O)N2)N1C(C)CCCC1C. The molecule has 2 aliphatic rings. The Balaban J connectivity index is 1.72. The van der Waals surface area contributed by atoms with Gasteiger partial charge in [0.2, 0.25) is 5.91 Å². The van der Waals surface area contributed by atoms with Gasteiger partial charge in [0.15, 0.2) is 0 Å². The molecular formula is C25H36N6O. The number of nitrogens with one attached hydrogen (secondary N) is 3. The molecule has 4 rings (SSSR count). The van der Waals surface area contributed by atoms with Crippen molar-refractivity contribution in [3.8, 4) is 0 Å². The Hall–Kier alpha value is -2.67. The van der Waals surface area contributed by atoms with Gasteiger partial charge in [0.25, 0.3) is 0 Å². The van der Waals surface area contributed by atoms with Gasteiger partial charge in [0.05, 0.1) is 6.20 Å². The van der Waals surface area contributed by atoms with Gasteiger partial charge in [-0.2, -0.15) is 0 Å². The van der Waals surface area contributed by atoms with Gasteiger partial charge in [-0.1, -0.05) is 38.3 Å². The summed E-state index contributed by atoms with van der Waals surface area (Å²) in [7, 11) is 0. The summed E-state index contributed by atoms with van der Waals surface area (Å²) in [6.07, 6.45) is 9.37. The Morgan fingerprint density at radius 2 is 2.06 bits per heavy atom. The summed E-state index contributed by atoms with van der Waals surface area (Å²) in [6, 6.07) is 7.78. The van der Waals surface area contributed by atoms with Crippen molar-refractivity contribution in [2.75, 3.05) is 5.32 Å². The number of amides is 1. The van der Waals surface area contributed by atoms with E-state index in [-0.39, 0.29) is 11.7 Å². The highest BCUT2D eigenvalue weighted by molar-refractivity contribution is 5.99. The van der Waals surface area contributed by atoms with Gasteiger partial charge < -0.3 is 16.0 Å². The van der Waals surface area contributed by atoms with Gasteiger partial charge >= 0.3 is 0 Å². The number of nitrogens with two attached hydrogens (primary N) is 1. The summed E-state index contributed by atoms with van der Waals surface area (Å²) in [6.45, 7) is 6.97. The number of benzene rings is 1. The number of unbranched alkanes of at least 4 members (excludes halogenated alkanes) is 1. The molecule has 0 radical (unpaired) electrons. The number of amidine groups is 1. The van der Waals surface area contributed by atoms with E-state index in [2.05, 4.69) is 53.1 Å². The maximum Gasteiger partial charge on any atom is 0.235 e. The van der Waals surface area contributed by atoms with Crippen molar-refractivity contribution in [1.29, 1.82) is 5.41 Å². The molecule has 0 saturated carbocycles. The zero-order valence-corrected chi connectivity index (χ0v) is 19.4. The van der Waals surface area contributed by atoms with Crippen LogP contribution in [0.2, 0.25) is 0 Å². The molecule has 1 aromatic heterocycles. The van der Waals surface area contributed by atoms with Gasteiger partial charge in [-0.25, -0.2) is 4.98 Å². The van der Waals surface area contributed by atoms with E-state index in [9.17, 15) is 4.79 Å². The zero-order chi connectivity index (χ0) is 22.8. The first-order valence-corrected chi connectivity index (χ1v) is 12.0. The summed E-state index contributed by atoms with van der Waals surface area (Å²) in [5, 5.41) is 10.8. The highest BCUT2D eigenvalue weighted by Crippen LogP contribution is 2.41. The topological polar surface area (TPSA) is 111 Å². The van der Waals surface area contributed by atoms with E-state index in [4.69, 9.17) is 11.1 Å². The number of carbonyl (C=O) groups is 1. The minimum absolute atomic E-state index is 0.0658. The fourth-order valence-electron chi connectivity index (χ4n) is 5.57. The van der Waals surface area contributed by atoms with Gasteiger partial charge in [-0.15, -0.1) is 0 Å². The zero-order valence-electron chi connectivity index (χ0n) is 19.4. The summed E-state index contributed by atoms with van der Waals surface area (Å²) >= 11 is 0. The number of nitrogen functional groups attached to an aromatic ring is 1. The maximum atomic E-state index is 12.9. The van der Waals surface area contributed by atoms with Gasteiger partial charge in [0, 0.05) is 23.8 Å². The standard InChI is InChI=1S/C25H36N6O/c1-4-5-12-22(31-15(2)8-6-9-16(31)3)17-10-7-11-20-18(17)13-19(25(32)30-20)24-28-14-21(29-24)23(26)27/h7,10-11,14-16,19,22H,4-6,8-9,12-13H2,1-3H3,(H3,26,27)(H,28,29)(H,30,32). The van der Waals surface area contributed by atoms with E-state index in [0.717, 1.165) is 12.1 Å². The second kappa shape index (κ2) is 9.45. The lowest BCUT2D eigenvalue weighted by molar-refractivity contribution is -0.118. The average molecular weight is 437 g/mol. The van der Waals surface area contributed by atoms with Crippen LogP contribution < -0.4 is 11.1 Å². The summed E-state index contributed by atoms with van der Waals surface area (Å²) in [4.78, 5) is 23.1. The highest BCUT2D eigenvalue weighted by atomic mass is 16.2. The van der Waals surface area contributed by atoms with E-state index in [1.807, 2.05) is 6.07 Å². The van der Waals surface area contributed by atoms with Crippen LogP contribution in [0.15, 0.2) is 24.4 Å². The number of piperidine rings is 1. The first kappa shape index (κ1) is 22.5. The number of H-pyrrole nitrogens is 1. The maximum absolute atomic E-state index is 12.9. The number of aromatic amines is 1. The molecular weight excluding hydrogens is 400 g/mol. The molecule has 3 heterocycles. The molecule has 1 amide bonds. The Bertz CT molecular complexity index is 973. The van der Waals surface area contributed by atoms with Crippen molar-refractivity contribution in [2.45, 2.75) is 89.8 Å². The Morgan fingerprint density at radius 1 is 1.31 bits per heavy atom. The summed E-state index contributed by atoms with van der Waals surface area (Å²) in [5.74, 6) is 0.00965. The molecule has 1 aromatic carbocycles. The van der Waals surface area contributed by atoms with Crippen molar-refractivity contribution in [3.05, 3.63) is 47.0 Å². The third-order valence-corrected chi connectivity index (χ3v) is 7.22. The van der Waals surface area contributed by atoms with Gasteiger partial charge in [-0.3, -0.25) is 15.1 Å². The number of imidazole rings is 1. The third kappa shape index (κ3) is 4.31. The molecule has 0 spiro atoms. The number of rotatable bonds is 7. The third-order valence-electron chi connectivity index (χ3n) is 7.22. The van der Waals surface area contributed by atoms with Crippen LogP contribution in [-0.2, 0) is 11.2 Å². The lowest BCUT2D eigenvalue weighted by atomic mass is 9.83. The fraction of sp³-hybridized carbons (Fsp3) is 0.560. The molecule has 0 bridgehead atoms. The molecule has 7 nitrogen and oxygen atoms in total. The number of hydrogen-bond donors (Lipinski definition) is 4. The summed E-state index contributed by atoms with van der Waals surface area (Å²) in [5.41, 5.74) is 9.50. The van der Waals surface area contributed by atoms with Crippen LogP contribution in [0.3, 0.4) is 0 Å². The van der Waals surface area contributed by atoms with E-state index in [1.165, 1.54) is 49.4 Å². The van der Waals surface area contributed by atoms with Gasteiger partial charge in [0.1, 0.15) is 23.3 Å². The first-order valence-electron chi connectivity index (χ1n) is 12.0. The lowest BCUT2D eigenvalue weighted by Crippen LogP contribution is -2.46. The number of aromatic nitrogens is 2. The van der Waals surface area contributed by atoms with E-state index in [1.54, 1.807) is 0 Å². The molecule has 32 heavy (non-hydrogen) atoms. The second-order valence-electron chi connectivity index (χ2n) is 9.45. The van der Waals surface area contributed by atoms with E-state index in [0.29, 0.717) is 36.1 Å². The number of likely N-dealkylation sites (tertiary alicyclic amines) is 1. The lowest BCUT2D eigenvalue weighted by Gasteiger charge is -2.45. The Kier molecular flexibility index (Phi) is 6.65. The number of nitrogens with zero attached hydrogens (tertiary/aromatic N) is 2. The molecule has 4 atom stereocenters. The molecule has 2 aromatic rings. The van der Waals surface area contributed by atoms with Gasteiger partial charge in [-0.05, 0) is 56.7 Å². The van der Waals surface area contributed by atoms with Crippen LogP contribution in [0, 0.1) is 5.41 Å². The number of hydrogen-bond acceptors (Lipinski definition) is 4. The molecule has 0 aliphatic carbocycles. The van der Waals surface area contributed by atoms with Crippen LogP contribution >= 0.6 is 0 Å². The molecule has 4 unspecified atom stereocenters. The minimum atomic E-state index is -0.417. The molecule has 1 fully saturated rings. The minimum Gasteiger partial charge on any atom is -0.382 e. The van der Waals surface area contributed by atoms with Crippen molar-refractivity contribution >= 4 is 17.4 Å². The smallest absolute Gasteiger partial charge is 0.235 e. The van der Waals surface area contributed by atoms with Crippen LogP contribution in [0.5, 0.6) is 0 Å². The van der Waals surface area contributed by atoms with Crippen LogP contribution in [-0.4, -0.2) is 38.7 Å². The Morgan fingerprint density at radius 3 is 2.72 bits per heavy atom. The molecule has 172 valence electrons. The predicted octanol–water partition coefficient (Wildman–Crippen LogP) is 4.47. The number of anilines is 1. The van der Waals surface area contributed by atoms with Crippen LogP contribution in [0.4, 0.5) is 5.69 Å². The number of fused-ring (bicyclic) bond motifs is 1. The highest BCUT2D eigenvalue weighted by Gasteiger charge is 2.36. The average Bonchev–Trinajstić information content (AvgIpc) is 3.25. The largest absolute Gasteiger partial charge is 0.382 e.